The van der Waals surface area contributed by atoms with E-state index in [9.17, 15) is 13.2 Å². The van der Waals surface area contributed by atoms with Crippen LogP contribution >= 0.6 is 11.6 Å². The standard InChI is InChI=1S/C16H20ClF3N4/c1-2-21-15(23-8-6-16(18,19)20)22-7-5-11-10-24-14-4-3-12(17)9-13(11)14/h3-4,9-10,24H,2,5-8H2,1H3,(H2,21,22,23). The number of nitrogens with one attached hydrogen (secondary N) is 3. The van der Waals surface area contributed by atoms with Crippen molar-refractivity contribution in [1.82, 2.24) is 15.6 Å². The number of aliphatic imine (C=N–C) groups is 1. The van der Waals surface area contributed by atoms with Crippen molar-refractivity contribution >= 4 is 28.5 Å². The Hall–Kier alpha value is -1.89. The normalized spacial score (nSPS) is 12.6. The number of rotatable bonds is 6. The van der Waals surface area contributed by atoms with E-state index in [0.29, 0.717) is 30.5 Å². The predicted molar refractivity (Wildman–Crippen MR) is 91.7 cm³/mol. The summed E-state index contributed by atoms with van der Waals surface area (Å²) in [4.78, 5) is 7.11. The summed E-state index contributed by atoms with van der Waals surface area (Å²) in [7, 11) is 0. The SMILES string of the molecule is CCNC(=NCCC(F)(F)F)NCCc1c[nH]c2ccc(Cl)cc12. The zero-order valence-corrected chi connectivity index (χ0v) is 14.1. The highest BCUT2D eigenvalue weighted by molar-refractivity contribution is 6.31. The van der Waals surface area contributed by atoms with Crippen molar-refractivity contribution in [2.45, 2.75) is 25.9 Å². The van der Waals surface area contributed by atoms with Crippen molar-refractivity contribution in [2.75, 3.05) is 19.6 Å². The van der Waals surface area contributed by atoms with E-state index in [1.807, 2.05) is 31.3 Å². The molecule has 0 unspecified atom stereocenters. The Morgan fingerprint density at radius 1 is 1.29 bits per heavy atom. The van der Waals surface area contributed by atoms with Crippen molar-refractivity contribution < 1.29 is 13.2 Å². The van der Waals surface area contributed by atoms with Gasteiger partial charge in [-0.15, -0.1) is 0 Å². The molecule has 0 saturated carbocycles. The van der Waals surface area contributed by atoms with Gasteiger partial charge in [-0.05, 0) is 37.1 Å². The summed E-state index contributed by atoms with van der Waals surface area (Å²) in [5.41, 5.74) is 2.09. The van der Waals surface area contributed by atoms with E-state index >= 15 is 0 Å². The van der Waals surface area contributed by atoms with Crippen LogP contribution in [0.1, 0.15) is 18.9 Å². The summed E-state index contributed by atoms with van der Waals surface area (Å²) in [5.74, 6) is 0.389. The maximum atomic E-state index is 12.2. The molecule has 0 aliphatic rings. The van der Waals surface area contributed by atoms with Crippen molar-refractivity contribution in [3.05, 3.63) is 35.0 Å². The first kappa shape index (κ1) is 18.4. The van der Waals surface area contributed by atoms with E-state index in [4.69, 9.17) is 11.6 Å². The summed E-state index contributed by atoms with van der Waals surface area (Å²) >= 11 is 6.02. The fourth-order valence-corrected chi connectivity index (χ4v) is 2.48. The maximum Gasteiger partial charge on any atom is 0.390 e. The molecule has 0 aliphatic carbocycles. The number of fused-ring (bicyclic) bond motifs is 1. The second-order valence-electron chi connectivity index (χ2n) is 5.31. The highest BCUT2D eigenvalue weighted by Gasteiger charge is 2.26. The number of nitrogens with zero attached hydrogens (tertiary/aromatic N) is 1. The van der Waals surface area contributed by atoms with Gasteiger partial charge >= 0.3 is 6.18 Å². The summed E-state index contributed by atoms with van der Waals surface area (Å²) in [5, 5.41) is 7.70. The Kier molecular flexibility index (Phi) is 6.36. The zero-order valence-electron chi connectivity index (χ0n) is 13.3. The Balaban J connectivity index is 1.91. The Morgan fingerprint density at radius 2 is 2.08 bits per heavy atom. The van der Waals surface area contributed by atoms with E-state index < -0.39 is 12.6 Å². The third-order valence-electron chi connectivity index (χ3n) is 3.43. The first-order chi connectivity index (χ1) is 11.4. The first-order valence-corrected chi connectivity index (χ1v) is 8.11. The van der Waals surface area contributed by atoms with Gasteiger partial charge in [0.05, 0.1) is 13.0 Å². The molecule has 4 nitrogen and oxygen atoms in total. The van der Waals surface area contributed by atoms with Gasteiger partial charge < -0.3 is 15.6 Å². The molecule has 0 atom stereocenters. The van der Waals surface area contributed by atoms with Crippen molar-refractivity contribution in [3.63, 3.8) is 0 Å². The third-order valence-corrected chi connectivity index (χ3v) is 3.66. The molecule has 0 radical (unpaired) electrons. The average Bonchev–Trinajstić information content (AvgIpc) is 2.88. The smallest absolute Gasteiger partial charge is 0.361 e. The number of H-pyrrole nitrogens is 1. The summed E-state index contributed by atoms with van der Waals surface area (Å²) in [6, 6.07) is 5.63. The number of benzene rings is 1. The van der Waals surface area contributed by atoms with Gasteiger partial charge in [0.1, 0.15) is 0 Å². The summed E-state index contributed by atoms with van der Waals surface area (Å²) in [6.45, 7) is 2.71. The molecule has 8 heteroatoms. The van der Waals surface area contributed by atoms with Crippen LogP contribution in [0, 0.1) is 0 Å². The summed E-state index contributed by atoms with van der Waals surface area (Å²) < 4.78 is 36.6. The number of alkyl halides is 3. The van der Waals surface area contributed by atoms with Gasteiger partial charge in [0.2, 0.25) is 0 Å². The molecule has 132 valence electrons. The number of halogens is 4. The predicted octanol–water partition coefficient (Wildman–Crippen LogP) is 3.87. The molecule has 3 N–H and O–H groups in total. The van der Waals surface area contributed by atoms with Crippen LogP contribution in [0.25, 0.3) is 10.9 Å². The lowest BCUT2D eigenvalue weighted by molar-refractivity contribution is -0.132. The molecule has 2 aromatic rings. The van der Waals surface area contributed by atoms with Crippen LogP contribution in [0.5, 0.6) is 0 Å². The van der Waals surface area contributed by atoms with E-state index in [2.05, 4.69) is 20.6 Å². The van der Waals surface area contributed by atoms with Gasteiger partial charge in [-0.3, -0.25) is 4.99 Å². The van der Waals surface area contributed by atoms with Gasteiger partial charge in [-0.25, -0.2) is 0 Å². The van der Waals surface area contributed by atoms with Gasteiger partial charge in [-0.1, -0.05) is 11.6 Å². The fourth-order valence-electron chi connectivity index (χ4n) is 2.31. The first-order valence-electron chi connectivity index (χ1n) is 7.73. The van der Waals surface area contributed by atoms with Gasteiger partial charge in [-0.2, -0.15) is 13.2 Å². The molecule has 1 heterocycles. The van der Waals surface area contributed by atoms with E-state index in [1.165, 1.54) is 0 Å². The van der Waals surface area contributed by atoms with Crippen LogP contribution in [0.2, 0.25) is 5.02 Å². The second-order valence-corrected chi connectivity index (χ2v) is 5.74. The maximum absolute atomic E-state index is 12.2. The molecule has 2 rings (SSSR count). The molecule has 1 aromatic heterocycles. The molecular formula is C16H20ClF3N4. The molecule has 0 amide bonds. The average molecular weight is 361 g/mol. The summed E-state index contributed by atoms with van der Waals surface area (Å²) in [6.07, 6.45) is -2.50. The largest absolute Gasteiger partial charge is 0.390 e. The van der Waals surface area contributed by atoms with Crippen LogP contribution < -0.4 is 10.6 Å². The number of aromatic nitrogens is 1. The number of hydrogen-bond donors (Lipinski definition) is 3. The quantitative estimate of drug-likeness (QED) is 0.541. The number of hydrogen-bond acceptors (Lipinski definition) is 1. The Morgan fingerprint density at radius 3 is 2.79 bits per heavy atom. The van der Waals surface area contributed by atoms with Crippen LogP contribution in [0.3, 0.4) is 0 Å². The monoisotopic (exact) mass is 360 g/mol. The third kappa shape index (κ3) is 5.63. The number of aromatic amines is 1. The minimum atomic E-state index is -4.19. The van der Waals surface area contributed by atoms with Crippen molar-refractivity contribution in [3.8, 4) is 0 Å². The van der Waals surface area contributed by atoms with E-state index in [-0.39, 0.29) is 6.54 Å². The molecule has 0 aliphatic heterocycles. The van der Waals surface area contributed by atoms with Crippen LogP contribution in [-0.4, -0.2) is 36.8 Å². The molecular weight excluding hydrogens is 341 g/mol. The van der Waals surface area contributed by atoms with Crippen molar-refractivity contribution in [2.24, 2.45) is 4.99 Å². The molecule has 0 spiro atoms. The molecule has 24 heavy (non-hydrogen) atoms. The lowest BCUT2D eigenvalue weighted by atomic mass is 10.1. The topological polar surface area (TPSA) is 52.2 Å². The van der Waals surface area contributed by atoms with Crippen LogP contribution in [-0.2, 0) is 6.42 Å². The molecule has 0 saturated heterocycles. The van der Waals surface area contributed by atoms with Crippen LogP contribution in [0.15, 0.2) is 29.4 Å². The van der Waals surface area contributed by atoms with Gasteiger partial charge in [0, 0.05) is 35.2 Å². The van der Waals surface area contributed by atoms with E-state index in [1.54, 1.807) is 0 Å². The Labute approximate surface area is 143 Å². The van der Waals surface area contributed by atoms with Gasteiger partial charge in [0.15, 0.2) is 5.96 Å². The lowest BCUT2D eigenvalue weighted by Gasteiger charge is -2.11. The number of guanidine groups is 1. The Bertz CT molecular complexity index is 694. The lowest BCUT2D eigenvalue weighted by Crippen LogP contribution is -2.38. The fraction of sp³-hybridized carbons (Fsp3) is 0.438. The molecule has 0 fully saturated rings. The highest BCUT2D eigenvalue weighted by atomic mass is 35.5. The second kappa shape index (κ2) is 8.28. The molecule has 1 aromatic carbocycles. The van der Waals surface area contributed by atoms with Gasteiger partial charge in [0.25, 0.3) is 0 Å². The van der Waals surface area contributed by atoms with Crippen LogP contribution in [0.4, 0.5) is 13.2 Å². The minimum absolute atomic E-state index is 0.290. The molecule has 0 bridgehead atoms. The highest BCUT2D eigenvalue weighted by Crippen LogP contribution is 2.22. The minimum Gasteiger partial charge on any atom is -0.361 e. The van der Waals surface area contributed by atoms with Crippen molar-refractivity contribution in [1.29, 1.82) is 0 Å². The van der Waals surface area contributed by atoms with E-state index in [0.717, 1.165) is 16.5 Å². The zero-order chi connectivity index (χ0) is 17.6.